The zero-order valence-electron chi connectivity index (χ0n) is 10.7. The number of rotatable bonds is 4. The van der Waals surface area contributed by atoms with Gasteiger partial charge in [0.25, 0.3) is 0 Å². The van der Waals surface area contributed by atoms with Crippen molar-refractivity contribution in [3.05, 3.63) is 30.0 Å². The zero-order valence-corrected chi connectivity index (χ0v) is 10.7. The van der Waals surface area contributed by atoms with E-state index in [1.54, 1.807) is 23.3 Å². The largest absolute Gasteiger partial charge is 0.503 e. The van der Waals surface area contributed by atoms with Crippen molar-refractivity contribution in [1.82, 2.24) is 14.1 Å². The lowest BCUT2D eigenvalue weighted by Gasteiger charge is -2.13. The molecule has 0 aliphatic heterocycles. The summed E-state index contributed by atoms with van der Waals surface area (Å²) in [4.78, 5) is 3.83. The van der Waals surface area contributed by atoms with E-state index in [1.807, 2.05) is 0 Å². The molecule has 5 nitrogen and oxygen atoms in total. The Morgan fingerprint density at radius 1 is 1.25 bits per heavy atom. The highest BCUT2D eigenvalue weighted by atomic mass is 19.4. The minimum Gasteiger partial charge on any atom is -0.503 e. The Labute approximate surface area is 112 Å². The van der Waals surface area contributed by atoms with Gasteiger partial charge in [-0.3, -0.25) is 0 Å². The van der Waals surface area contributed by atoms with Crippen LogP contribution < -0.4 is 0 Å². The van der Waals surface area contributed by atoms with Gasteiger partial charge in [0.05, 0.1) is 6.33 Å². The van der Waals surface area contributed by atoms with Crippen LogP contribution in [0.1, 0.15) is 17.7 Å². The smallest absolute Gasteiger partial charge is 0.431 e. The van der Waals surface area contributed by atoms with Crippen LogP contribution in [0.25, 0.3) is 0 Å². The maximum absolute atomic E-state index is 12.9. The van der Waals surface area contributed by atoms with Crippen molar-refractivity contribution in [1.29, 1.82) is 0 Å². The summed E-state index contributed by atoms with van der Waals surface area (Å²) in [6.45, 7) is 1.54. The Kier molecular flexibility index (Phi) is 3.65. The molecule has 0 atom stereocenters. The number of halogens is 3. The second kappa shape index (κ2) is 5.10. The van der Waals surface area contributed by atoms with Gasteiger partial charge in [0.2, 0.25) is 5.88 Å². The van der Waals surface area contributed by atoms with Crippen LogP contribution in [0.15, 0.2) is 18.7 Å². The van der Waals surface area contributed by atoms with Gasteiger partial charge < -0.3 is 19.3 Å². The van der Waals surface area contributed by atoms with Gasteiger partial charge in [-0.2, -0.15) is 13.2 Å². The lowest BCUT2D eigenvalue weighted by atomic mass is 10.2. The Morgan fingerprint density at radius 3 is 2.50 bits per heavy atom. The first-order chi connectivity index (χ1) is 9.32. The standard InChI is InChI=1S/C12H14F3N3O2/c1-8-9(19)11(20)18(10(8)12(13,14)15)5-2-4-17-6-3-16-7-17/h3,6-7,19-20H,2,4-5H2,1H3. The van der Waals surface area contributed by atoms with E-state index in [0.717, 1.165) is 6.92 Å². The van der Waals surface area contributed by atoms with Crippen LogP contribution in [0.3, 0.4) is 0 Å². The first kappa shape index (κ1) is 14.3. The van der Waals surface area contributed by atoms with Crippen molar-refractivity contribution in [3.8, 4) is 11.6 Å². The van der Waals surface area contributed by atoms with Crippen LogP contribution in [-0.4, -0.2) is 24.3 Å². The second-order valence-corrected chi connectivity index (χ2v) is 4.45. The Morgan fingerprint density at radius 2 is 1.95 bits per heavy atom. The fourth-order valence-corrected chi connectivity index (χ4v) is 2.13. The SMILES string of the molecule is Cc1c(O)c(O)n(CCCn2ccnc2)c1C(F)(F)F. The topological polar surface area (TPSA) is 63.2 Å². The molecule has 0 bridgehead atoms. The molecule has 0 amide bonds. The van der Waals surface area contributed by atoms with E-state index in [-0.39, 0.29) is 12.1 Å². The van der Waals surface area contributed by atoms with Gasteiger partial charge in [0.15, 0.2) is 5.75 Å². The fraction of sp³-hybridized carbons (Fsp3) is 0.417. The van der Waals surface area contributed by atoms with Gasteiger partial charge in [-0.1, -0.05) is 0 Å². The van der Waals surface area contributed by atoms with E-state index >= 15 is 0 Å². The molecule has 0 radical (unpaired) electrons. The third-order valence-electron chi connectivity index (χ3n) is 3.07. The van der Waals surface area contributed by atoms with Crippen LogP contribution >= 0.6 is 0 Å². The van der Waals surface area contributed by atoms with Crippen molar-refractivity contribution in [2.24, 2.45) is 0 Å². The molecule has 0 spiro atoms. The maximum Gasteiger partial charge on any atom is 0.431 e. The summed E-state index contributed by atoms with van der Waals surface area (Å²) < 4.78 is 41.3. The normalized spacial score (nSPS) is 12.0. The highest BCUT2D eigenvalue weighted by Gasteiger charge is 2.39. The number of hydrogen-bond donors (Lipinski definition) is 2. The van der Waals surface area contributed by atoms with Crippen molar-refractivity contribution < 1.29 is 23.4 Å². The first-order valence-corrected chi connectivity index (χ1v) is 5.96. The van der Waals surface area contributed by atoms with Gasteiger partial charge >= 0.3 is 6.18 Å². The summed E-state index contributed by atoms with van der Waals surface area (Å²) in [5.41, 5.74) is -1.38. The predicted molar refractivity (Wildman–Crippen MR) is 64.3 cm³/mol. The number of hydrogen-bond acceptors (Lipinski definition) is 3. The number of imidazole rings is 1. The molecular weight excluding hydrogens is 275 g/mol. The molecule has 0 unspecified atom stereocenters. The summed E-state index contributed by atoms with van der Waals surface area (Å²) >= 11 is 0. The molecule has 20 heavy (non-hydrogen) atoms. The molecule has 0 aliphatic carbocycles. The second-order valence-electron chi connectivity index (χ2n) is 4.45. The molecule has 8 heteroatoms. The van der Waals surface area contributed by atoms with Crippen LogP contribution in [0.5, 0.6) is 11.6 Å². The minimum atomic E-state index is -4.63. The zero-order chi connectivity index (χ0) is 14.9. The highest BCUT2D eigenvalue weighted by molar-refractivity contribution is 5.47. The van der Waals surface area contributed by atoms with Gasteiger partial charge in [-0.15, -0.1) is 0 Å². The van der Waals surface area contributed by atoms with Gasteiger partial charge in [-0.05, 0) is 13.3 Å². The van der Waals surface area contributed by atoms with Crippen LogP contribution in [-0.2, 0) is 19.3 Å². The molecule has 2 heterocycles. The van der Waals surface area contributed by atoms with E-state index in [0.29, 0.717) is 17.5 Å². The van der Waals surface area contributed by atoms with Gasteiger partial charge in [0, 0.05) is 31.0 Å². The summed E-state index contributed by atoms with van der Waals surface area (Å²) in [5, 5.41) is 19.1. The summed E-state index contributed by atoms with van der Waals surface area (Å²) in [6, 6.07) is 0. The summed E-state index contributed by atoms with van der Waals surface area (Å²) in [7, 11) is 0. The third kappa shape index (κ3) is 2.59. The fourth-order valence-electron chi connectivity index (χ4n) is 2.13. The highest BCUT2D eigenvalue weighted by Crippen LogP contribution is 2.42. The van der Waals surface area contributed by atoms with Crippen LogP contribution in [0.4, 0.5) is 13.2 Å². The summed E-state index contributed by atoms with van der Waals surface area (Å²) in [6.07, 6.45) is 0.564. The van der Waals surface area contributed by atoms with Crippen molar-refractivity contribution in [2.45, 2.75) is 32.6 Å². The average Bonchev–Trinajstić information content (AvgIpc) is 2.93. The lowest BCUT2D eigenvalue weighted by Crippen LogP contribution is -2.15. The van der Waals surface area contributed by atoms with Gasteiger partial charge in [0.1, 0.15) is 5.69 Å². The van der Waals surface area contributed by atoms with Crippen LogP contribution in [0.2, 0.25) is 0 Å². The summed E-state index contributed by atoms with van der Waals surface area (Å²) in [5.74, 6) is -1.47. The molecular formula is C12H14F3N3O2. The maximum atomic E-state index is 12.9. The molecule has 0 fully saturated rings. The molecule has 2 aromatic rings. The lowest BCUT2D eigenvalue weighted by molar-refractivity contribution is -0.144. The van der Waals surface area contributed by atoms with E-state index < -0.39 is 23.5 Å². The van der Waals surface area contributed by atoms with Crippen molar-refractivity contribution in [3.63, 3.8) is 0 Å². The number of nitrogens with zero attached hydrogens (tertiary/aromatic N) is 3. The molecule has 0 saturated carbocycles. The molecule has 0 aromatic carbocycles. The van der Waals surface area contributed by atoms with E-state index in [1.165, 1.54) is 0 Å². The molecule has 2 aromatic heterocycles. The Bertz CT molecular complexity index is 588. The van der Waals surface area contributed by atoms with E-state index in [4.69, 9.17) is 0 Å². The van der Waals surface area contributed by atoms with Crippen LogP contribution in [0, 0.1) is 6.92 Å². The molecule has 2 rings (SSSR count). The quantitative estimate of drug-likeness (QED) is 0.909. The Balaban J connectivity index is 2.20. The van der Waals surface area contributed by atoms with E-state index in [2.05, 4.69) is 4.98 Å². The number of aryl methyl sites for hydroxylation is 1. The van der Waals surface area contributed by atoms with E-state index in [9.17, 15) is 23.4 Å². The Hall–Kier alpha value is -2.12. The molecule has 110 valence electrons. The monoisotopic (exact) mass is 289 g/mol. The number of aromatic nitrogens is 3. The predicted octanol–water partition coefficient (Wildman–Crippen LogP) is 2.51. The number of aromatic hydroxyl groups is 2. The third-order valence-corrected chi connectivity index (χ3v) is 3.07. The minimum absolute atomic E-state index is 0.0553. The van der Waals surface area contributed by atoms with Crippen molar-refractivity contribution >= 4 is 0 Å². The molecule has 2 N–H and O–H groups in total. The van der Waals surface area contributed by atoms with Crippen molar-refractivity contribution in [2.75, 3.05) is 0 Å². The average molecular weight is 289 g/mol. The number of alkyl halides is 3. The molecule has 0 aliphatic rings. The first-order valence-electron chi connectivity index (χ1n) is 5.96. The van der Waals surface area contributed by atoms with Gasteiger partial charge in [-0.25, -0.2) is 4.98 Å². The molecule has 0 saturated heterocycles.